The Kier molecular flexibility index (Phi) is 10.4. The molecule has 1 amide bonds. The van der Waals surface area contributed by atoms with Crippen LogP contribution in [0.5, 0.6) is 5.88 Å². The Labute approximate surface area is 306 Å². The second kappa shape index (κ2) is 15.3. The maximum atomic E-state index is 14.1. The maximum Gasteiger partial charge on any atom is 0.433 e. The standard InChI is InChI=1S/C35H28ClF4N7O2.C3H6O/c1-46-30-10-6-21(34(48)41-24-8-9-28-25(17-24)33(45-44-28)35(38,39)40)15-29(30)42-31(46)18-47-13-11-20(12-14-47)27-3-2-4-32(43-27)49-19-22-5-7-23(36)16-26(22)37;1-2-4-3-1/h2-11,15-17H,12-14,18-19H2,1H3,(H,41,48)(H,44,45);1-3H2. The summed E-state index contributed by atoms with van der Waals surface area (Å²) in [6.45, 7) is 4.05. The lowest BCUT2D eigenvalue weighted by Crippen LogP contribution is -2.29. The molecule has 8 rings (SSSR count). The van der Waals surface area contributed by atoms with Crippen molar-refractivity contribution in [2.24, 2.45) is 7.05 Å². The monoisotopic (exact) mass is 747 g/mol. The smallest absolute Gasteiger partial charge is 0.433 e. The molecule has 0 atom stereocenters. The number of benzene rings is 3. The van der Waals surface area contributed by atoms with E-state index in [1.807, 2.05) is 28.8 Å². The molecule has 6 aromatic rings. The molecule has 53 heavy (non-hydrogen) atoms. The fourth-order valence-electron chi connectivity index (χ4n) is 5.94. The number of ether oxygens (including phenoxy) is 2. The number of imidazole rings is 1. The highest BCUT2D eigenvalue weighted by molar-refractivity contribution is 6.30. The van der Waals surface area contributed by atoms with E-state index in [-0.39, 0.29) is 23.2 Å². The number of carbonyl (C=O) groups is 1. The fraction of sp³-hybridized carbons (Fsp3) is 0.263. The molecule has 15 heteroatoms. The number of hydrogen-bond acceptors (Lipinski definition) is 7. The first-order valence-corrected chi connectivity index (χ1v) is 17.2. The SMILES string of the molecule is C1COC1.Cn1c(CN2CC=C(c3cccc(OCc4ccc(Cl)cc4F)n3)CC2)nc2cc(C(=O)Nc3ccc4n[nH]c(C(F)(F)F)c4c3)ccc21. The van der Waals surface area contributed by atoms with Crippen LogP contribution >= 0.6 is 11.6 Å². The average molecular weight is 748 g/mol. The van der Waals surface area contributed by atoms with Crippen LogP contribution in [0.3, 0.4) is 0 Å². The summed E-state index contributed by atoms with van der Waals surface area (Å²) in [6.07, 6.45) is -0.447. The Balaban J connectivity index is 0.00000102. The van der Waals surface area contributed by atoms with Gasteiger partial charge in [-0.3, -0.25) is 14.8 Å². The zero-order chi connectivity index (χ0) is 37.1. The van der Waals surface area contributed by atoms with Crippen molar-refractivity contribution >= 4 is 50.7 Å². The van der Waals surface area contributed by atoms with E-state index >= 15 is 0 Å². The largest absolute Gasteiger partial charge is 0.473 e. The van der Waals surface area contributed by atoms with Gasteiger partial charge >= 0.3 is 6.18 Å². The second-order valence-corrected chi connectivity index (χ2v) is 13.1. The van der Waals surface area contributed by atoms with E-state index in [9.17, 15) is 22.4 Å². The molecule has 2 aliphatic heterocycles. The zero-order valence-electron chi connectivity index (χ0n) is 28.5. The number of aromatic amines is 1. The van der Waals surface area contributed by atoms with Gasteiger partial charge in [-0.05, 0) is 73.0 Å². The van der Waals surface area contributed by atoms with Crippen LogP contribution in [0.2, 0.25) is 5.02 Å². The molecule has 10 nitrogen and oxygen atoms in total. The van der Waals surface area contributed by atoms with Gasteiger partial charge in [-0.15, -0.1) is 0 Å². The van der Waals surface area contributed by atoms with Crippen LogP contribution in [0.25, 0.3) is 27.5 Å². The van der Waals surface area contributed by atoms with Crippen molar-refractivity contribution in [1.29, 1.82) is 0 Å². The lowest BCUT2D eigenvalue weighted by molar-refractivity contribution is -0.139. The second-order valence-electron chi connectivity index (χ2n) is 12.6. The van der Waals surface area contributed by atoms with Crippen molar-refractivity contribution in [3.05, 3.63) is 118 Å². The molecule has 0 aliphatic carbocycles. The lowest BCUT2D eigenvalue weighted by atomic mass is 10.0. The first kappa shape index (κ1) is 36.1. The van der Waals surface area contributed by atoms with E-state index in [2.05, 4.69) is 26.4 Å². The number of halogens is 5. The van der Waals surface area contributed by atoms with Crippen LogP contribution in [0.1, 0.15) is 46.0 Å². The Morgan fingerprint density at radius 3 is 2.57 bits per heavy atom. The molecule has 2 N–H and O–H groups in total. The Morgan fingerprint density at radius 2 is 1.85 bits per heavy atom. The third-order valence-corrected chi connectivity index (χ3v) is 9.24. The van der Waals surface area contributed by atoms with Gasteiger partial charge in [0.15, 0.2) is 0 Å². The van der Waals surface area contributed by atoms with Crippen molar-refractivity contribution in [3.63, 3.8) is 0 Å². The van der Waals surface area contributed by atoms with E-state index in [1.165, 1.54) is 30.7 Å². The van der Waals surface area contributed by atoms with Gasteiger partial charge < -0.3 is 19.4 Å². The maximum absolute atomic E-state index is 14.1. The average Bonchev–Trinajstić information content (AvgIpc) is 3.68. The molecule has 0 bridgehead atoms. The molecule has 2 aliphatic rings. The summed E-state index contributed by atoms with van der Waals surface area (Å²) in [6, 6.07) is 19.3. The summed E-state index contributed by atoms with van der Waals surface area (Å²) in [5.74, 6) is 0.313. The normalized spacial score (nSPS) is 14.7. The van der Waals surface area contributed by atoms with Gasteiger partial charge in [0.2, 0.25) is 5.88 Å². The summed E-state index contributed by atoms with van der Waals surface area (Å²) in [5.41, 5.74) is 3.45. The third kappa shape index (κ3) is 8.35. The molecule has 5 heterocycles. The minimum absolute atomic E-state index is 0.0326. The summed E-state index contributed by atoms with van der Waals surface area (Å²) in [7, 11) is 1.92. The third-order valence-electron chi connectivity index (χ3n) is 9.01. The number of aryl methyl sites for hydroxylation is 1. The quantitative estimate of drug-likeness (QED) is 0.151. The van der Waals surface area contributed by atoms with E-state index in [4.69, 9.17) is 26.1 Å². The molecule has 1 saturated heterocycles. The van der Waals surface area contributed by atoms with E-state index in [0.717, 1.165) is 48.8 Å². The van der Waals surface area contributed by atoms with Gasteiger partial charge in [0.05, 0.1) is 28.8 Å². The van der Waals surface area contributed by atoms with Gasteiger partial charge in [0, 0.05) is 66.6 Å². The Morgan fingerprint density at radius 1 is 1.04 bits per heavy atom. The highest BCUT2D eigenvalue weighted by Crippen LogP contribution is 2.34. The molecule has 3 aromatic carbocycles. The molecule has 0 unspecified atom stereocenters. The van der Waals surface area contributed by atoms with Crippen LogP contribution in [-0.4, -0.2) is 61.8 Å². The molecule has 274 valence electrons. The number of hydrogen-bond donors (Lipinski definition) is 2. The lowest BCUT2D eigenvalue weighted by Gasteiger charge is -2.25. The number of aromatic nitrogens is 5. The first-order chi connectivity index (χ1) is 25.5. The van der Waals surface area contributed by atoms with Gasteiger partial charge in [0.1, 0.15) is 23.9 Å². The number of anilines is 1. The summed E-state index contributed by atoms with van der Waals surface area (Å²) in [5, 5.41) is 8.59. The number of pyridine rings is 1. The van der Waals surface area contributed by atoms with Gasteiger partial charge in [-0.1, -0.05) is 29.8 Å². The van der Waals surface area contributed by atoms with E-state index in [1.54, 1.807) is 36.4 Å². The molecule has 1 fully saturated rings. The topological polar surface area (TPSA) is 110 Å². The predicted octanol–water partition coefficient (Wildman–Crippen LogP) is 8.18. The number of rotatable bonds is 8. The molecule has 3 aromatic heterocycles. The van der Waals surface area contributed by atoms with Crippen molar-refractivity contribution in [2.75, 3.05) is 31.6 Å². The number of carbonyl (C=O) groups excluding carboxylic acids is 1. The first-order valence-electron chi connectivity index (χ1n) is 16.9. The number of H-pyrrole nitrogens is 1. The van der Waals surface area contributed by atoms with Crippen molar-refractivity contribution in [3.8, 4) is 5.88 Å². The van der Waals surface area contributed by atoms with Crippen LogP contribution < -0.4 is 10.1 Å². The highest BCUT2D eigenvalue weighted by Gasteiger charge is 2.35. The van der Waals surface area contributed by atoms with Crippen LogP contribution in [0.4, 0.5) is 23.2 Å². The van der Waals surface area contributed by atoms with Crippen molar-refractivity contribution < 1.29 is 31.8 Å². The summed E-state index contributed by atoms with van der Waals surface area (Å²) >= 11 is 5.84. The zero-order valence-corrected chi connectivity index (χ0v) is 29.3. The van der Waals surface area contributed by atoms with Gasteiger partial charge in [0.25, 0.3) is 5.91 Å². The number of alkyl halides is 3. The summed E-state index contributed by atoms with van der Waals surface area (Å²) < 4.78 is 66.6. The van der Waals surface area contributed by atoms with Crippen LogP contribution in [-0.2, 0) is 31.1 Å². The van der Waals surface area contributed by atoms with Crippen molar-refractivity contribution in [1.82, 2.24) is 29.6 Å². The Hall–Kier alpha value is -5.31. The van der Waals surface area contributed by atoms with Crippen LogP contribution in [0, 0.1) is 5.82 Å². The molecular weight excluding hydrogens is 714 g/mol. The molecule has 0 saturated carbocycles. The number of nitrogens with zero attached hydrogens (tertiary/aromatic N) is 5. The van der Waals surface area contributed by atoms with Crippen molar-refractivity contribution in [2.45, 2.75) is 32.2 Å². The van der Waals surface area contributed by atoms with E-state index in [0.29, 0.717) is 40.6 Å². The fourth-order valence-corrected chi connectivity index (χ4v) is 6.09. The van der Waals surface area contributed by atoms with Gasteiger partial charge in [-0.25, -0.2) is 14.4 Å². The highest BCUT2D eigenvalue weighted by atomic mass is 35.5. The number of amides is 1. The summed E-state index contributed by atoms with van der Waals surface area (Å²) in [4.78, 5) is 24.8. The minimum Gasteiger partial charge on any atom is -0.473 e. The molecular formula is C38H34ClF4N7O3. The van der Waals surface area contributed by atoms with Gasteiger partial charge in [-0.2, -0.15) is 18.3 Å². The number of nitrogens with one attached hydrogen (secondary N) is 2. The van der Waals surface area contributed by atoms with Crippen LogP contribution in [0.15, 0.2) is 78.9 Å². The van der Waals surface area contributed by atoms with E-state index < -0.39 is 23.6 Å². The Bertz CT molecular complexity index is 2310. The predicted molar refractivity (Wildman–Crippen MR) is 193 cm³/mol. The minimum atomic E-state index is -4.60. The molecule has 0 radical (unpaired) electrons. The molecule has 0 spiro atoms. The number of fused-ring (bicyclic) bond motifs is 2.